The van der Waals surface area contributed by atoms with Gasteiger partial charge in [-0.25, -0.2) is 4.98 Å². The quantitative estimate of drug-likeness (QED) is 0.345. The molecule has 0 fully saturated rings. The van der Waals surface area contributed by atoms with Crippen LogP contribution in [0.15, 0.2) is 60.9 Å². The van der Waals surface area contributed by atoms with Crippen LogP contribution in [-0.4, -0.2) is 29.2 Å². The van der Waals surface area contributed by atoms with Crippen LogP contribution in [0, 0.1) is 0 Å². The number of aromatic nitrogens is 2. The van der Waals surface area contributed by atoms with E-state index < -0.39 is 0 Å². The number of methoxy groups -OCH3 is 1. The zero-order valence-electron chi connectivity index (χ0n) is 18.7. The van der Waals surface area contributed by atoms with Gasteiger partial charge in [0.15, 0.2) is 11.5 Å². The lowest BCUT2D eigenvalue weighted by molar-refractivity contribution is -0.111. The Kier molecular flexibility index (Phi) is 8.31. The van der Waals surface area contributed by atoms with Crippen molar-refractivity contribution in [1.29, 1.82) is 0 Å². The molecule has 0 saturated carbocycles. The van der Waals surface area contributed by atoms with Crippen molar-refractivity contribution in [2.45, 2.75) is 26.4 Å². The zero-order valence-corrected chi connectivity index (χ0v) is 18.7. The van der Waals surface area contributed by atoms with E-state index in [4.69, 9.17) is 14.2 Å². The first-order chi connectivity index (χ1) is 15.6. The molecule has 0 unspecified atom stereocenters. The standard InChI is InChI=1S/C25H29N3O4/c1-4-5-16-31-22-12-6-19(17-23(22)30-3)7-13-25(29)27-20-8-10-21(11-9-20)32-18-24-26-14-15-28(24)2/h6-15,17H,4-5,16,18H2,1-3H3,(H,27,29). The van der Waals surface area contributed by atoms with E-state index in [1.165, 1.54) is 6.08 Å². The van der Waals surface area contributed by atoms with Crippen LogP contribution in [0.4, 0.5) is 5.69 Å². The highest BCUT2D eigenvalue weighted by Crippen LogP contribution is 2.28. The van der Waals surface area contributed by atoms with E-state index in [2.05, 4.69) is 17.2 Å². The Morgan fingerprint density at radius 3 is 2.62 bits per heavy atom. The van der Waals surface area contributed by atoms with Crippen LogP contribution < -0.4 is 19.5 Å². The average Bonchev–Trinajstić information content (AvgIpc) is 3.22. The fourth-order valence-electron chi connectivity index (χ4n) is 2.91. The van der Waals surface area contributed by atoms with Crippen LogP contribution in [0.1, 0.15) is 31.2 Å². The third kappa shape index (κ3) is 6.63. The molecule has 168 valence electrons. The van der Waals surface area contributed by atoms with Crippen molar-refractivity contribution >= 4 is 17.7 Å². The number of unbranched alkanes of at least 4 members (excludes halogenated alkanes) is 1. The molecule has 0 saturated heterocycles. The summed E-state index contributed by atoms with van der Waals surface area (Å²) in [7, 11) is 3.52. The number of carbonyl (C=O) groups excluding carboxylic acids is 1. The Morgan fingerprint density at radius 1 is 1.12 bits per heavy atom. The maximum Gasteiger partial charge on any atom is 0.248 e. The van der Waals surface area contributed by atoms with Crippen LogP contribution in [0.5, 0.6) is 17.2 Å². The van der Waals surface area contributed by atoms with Gasteiger partial charge in [0.2, 0.25) is 5.91 Å². The average molecular weight is 436 g/mol. The molecule has 0 bridgehead atoms. The Bertz CT molecular complexity index is 1040. The monoisotopic (exact) mass is 435 g/mol. The van der Waals surface area contributed by atoms with E-state index in [9.17, 15) is 4.79 Å². The molecule has 2 aromatic carbocycles. The molecule has 0 radical (unpaired) electrons. The van der Waals surface area contributed by atoms with Gasteiger partial charge in [0.25, 0.3) is 0 Å². The number of hydrogen-bond donors (Lipinski definition) is 1. The SMILES string of the molecule is CCCCOc1ccc(C=CC(=O)Nc2ccc(OCc3nccn3C)cc2)cc1OC. The molecule has 0 spiro atoms. The highest BCUT2D eigenvalue weighted by Gasteiger charge is 2.06. The summed E-state index contributed by atoms with van der Waals surface area (Å²) in [4.78, 5) is 16.5. The van der Waals surface area contributed by atoms with E-state index in [0.29, 0.717) is 36.1 Å². The van der Waals surface area contributed by atoms with Gasteiger partial charge in [-0.3, -0.25) is 4.79 Å². The largest absolute Gasteiger partial charge is 0.493 e. The lowest BCUT2D eigenvalue weighted by Crippen LogP contribution is -2.07. The third-order valence-corrected chi connectivity index (χ3v) is 4.78. The van der Waals surface area contributed by atoms with Crippen molar-refractivity contribution in [2.75, 3.05) is 19.0 Å². The van der Waals surface area contributed by atoms with Gasteiger partial charge in [-0.15, -0.1) is 0 Å². The molecular weight excluding hydrogens is 406 g/mol. The Balaban J connectivity index is 1.52. The van der Waals surface area contributed by atoms with Gasteiger partial charge in [-0.2, -0.15) is 0 Å². The zero-order chi connectivity index (χ0) is 22.8. The third-order valence-electron chi connectivity index (χ3n) is 4.78. The van der Waals surface area contributed by atoms with Crippen LogP contribution in [0.25, 0.3) is 6.08 Å². The van der Waals surface area contributed by atoms with Gasteiger partial charge in [-0.1, -0.05) is 19.4 Å². The number of ether oxygens (including phenoxy) is 3. The lowest BCUT2D eigenvalue weighted by Gasteiger charge is -2.11. The van der Waals surface area contributed by atoms with Crippen LogP contribution >= 0.6 is 0 Å². The van der Waals surface area contributed by atoms with Crippen LogP contribution in [0.3, 0.4) is 0 Å². The minimum Gasteiger partial charge on any atom is -0.493 e. The molecule has 7 heteroatoms. The number of anilines is 1. The first kappa shape index (κ1) is 22.9. The Hall–Kier alpha value is -3.74. The summed E-state index contributed by atoms with van der Waals surface area (Å²) in [5, 5.41) is 2.84. The molecule has 0 aliphatic rings. The maximum atomic E-state index is 12.3. The van der Waals surface area contributed by atoms with Crippen molar-refractivity contribution in [2.24, 2.45) is 7.05 Å². The van der Waals surface area contributed by atoms with Gasteiger partial charge >= 0.3 is 0 Å². The van der Waals surface area contributed by atoms with Gasteiger partial charge in [0.05, 0.1) is 13.7 Å². The van der Waals surface area contributed by atoms with Crippen molar-refractivity contribution in [3.8, 4) is 17.2 Å². The second-order valence-corrected chi connectivity index (χ2v) is 7.20. The van der Waals surface area contributed by atoms with Gasteiger partial charge in [0, 0.05) is 31.2 Å². The molecule has 3 aromatic rings. The highest BCUT2D eigenvalue weighted by atomic mass is 16.5. The predicted octanol–water partition coefficient (Wildman–Crippen LogP) is 4.84. The summed E-state index contributed by atoms with van der Waals surface area (Å²) in [6.45, 7) is 3.15. The number of nitrogens with one attached hydrogen (secondary N) is 1. The molecule has 1 N–H and O–H groups in total. The Labute approximate surface area is 188 Å². The molecule has 0 aliphatic carbocycles. The van der Waals surface area contributed by atoms with E-state index in [-0.39, 0.29) is 5.91 Å². The topological polar surface area (TPSA) is 74.6 Å². The van der Waals surface area contributed by atoms with Crippen molar-refractivity contribution < 1.29 is 19.0 Å². The van der Waals surface area contributed by atoms with E-state index in [1.54, 1.807) is 31.5 Å². The predicted molar refractivity (Wildman–Crippen MR) is 125 cm³/mol. The van der Waals surface area contributed by atoms with Gasteiger partial charge < -0.3 is 24.1 Å². The summed E-state index contributed by atoms with van der Waals surface area (Å²) < 4.78 is 18.8. The molecule has 0 atom stereocenters. The molecular formula is C25H29N3O4. The second-order valence-electron chi connectivity index (χ2n) is 7.20. The second kappa shape index (κ2) is 11.6. The molecule has 1 amide bonds. The minimum absolute atomic E-state index is 0.228. The number of nitrogens with zero attached hydrogens (tertiary/aromatic N) is 2. The summed E-state index contributed by atoms with van der Waals surface area (Å²) >= 11 is 0. The molecule has 1 heterocycles. The number of imidazole rings is 1. The van der Waals surface area contributed by atoms with Gasteiger partial charge in [0.1, 0.15) is 18.2 Å². The van der Waals surface area contributed by atoms with Crippen LogP contribution in [0.2, 0.25) is 0 Å². The smallest absolute Gasteiger partial charge is 0.248 e. The Morgan fingerprint density at radius 2 is 1.94 bits per heavy atom. The molecule has 0 aliphatic heterocycles. The van der Waals surface area contributed by atoms with E-state index >= 15 is 0 Å². The molecule has 3 rings (SSSR count). The first-order valence-electron chi connectivity index (χ1n) is 10.6. The lowest BCUT2D eigenvalue weighted by atomic mass is 10.2. The number of benzene rings is 2. The number of amides is 1. The number of rotatable bonds is 11. The van der Waals surface area contributed by atoms with Crippen molar-refractivity contribution in [3.63, 3.8) is 0 Å². The summed E-state index contributed by atoms with van der Waals surface area (Å²) in [6, 6.07) is 12.8. The first-order valence-corrected chi connectivity index (χ1v) is 10.6. The van der Waals surface area contributed by atoms with Gasteiger partial charge in [-0.05, 0) is 54.5 Å². The molecule has 7 nitrogen and oxygen atoms in total. The molecule has 1 aromatic heterocycles. The number of hydrogen-bond acceptors (Lipinski definition) is 5. The fraction of sp³-hybridized carbons (Fsp3) is 0.280. The van der Waals surface area contributed by atoms with Crippen LogP contribution in [-0.2, 0) is 18.4 Å². The number of aryl methyl sites for hydroxylation is 1. The number of carbonyl (C=O) groups is 1. The maximum absolute atomic E-state index is 12.3. The van der Waals surface area contributed by atoms with E-state index in [1.807, 2.05) is 48.1 Å². The summed E-state index contributed by atoms with van der Waals surface area (Å²) in [6.07, 6.45) is 8.88. The van der Waals surface area contributed by atoms with E-state index in [0.717, 1.165) is 24.2 Å². The summed E-state index contributed by atoms with van der Waals surface area (Å²) in [5.74, 6) is 2.66. The molecule has 32 heavy (non-hydrogen) atoms. The highest BCUT2D eigenvalue weighted by molar-refractivity contribution is 6.01. The van der Waals surface area contributed by atoms with Crippen molar-refractivity contribution in [1.82, 2.24) is 9.55 Å². The minimum atomic E-state index is -0.228. The normalized spacial score (nSPS) is 10.8. The summed E-state index contributed by atoms with van der Waals surface area (Å²) in [5.41, 5.74) is 1.53. The van der Waals surface area contributed by atoms with Crippen molar-refractivity contribution in [3.05, 3.63) is 72.3 Å². The fourth-order valence-corrected chi connectivity index (χ4v) is 2.91.